The number of hydrogen-bond donors (Lipinski definition) is 3. The molecule has 1 aliphatic rings. The molecule has 1 unspecified atom stereocenters. The van der Waals surface area contributed by atoms with Crippen molar-refractivity contribution in [3.8, 4) is 0 Å². The van der Waals surface area contributed by atoms with Gasteiger partial charge < -0.3 is 15.3 Å². The highest BCUT2D eigenvalue weighted by Crippen LogP contribution is 2.36. The monoisotopic (exact) mass is 277 g/mol. The van der Waals surface area contributed by atoms with E-state index in [4.69, 9.17) is 0 Å². The highest BCUT2D eigenvalue weighted by Gasteiger charge is 2.32. The second-order valence-corrected chi connectivity index (χ2v) is 7.00. The van der Waals surface area contributed by atoms with Gasteiger partial charge in [-0.25, -0.2) is 4.79 Å². The van der Waals surface area contributed by atoms with E-state index in [9.17, 15) is 4.79 Å². The third-order valence-electron chi connectivity index (χ3n) is 3.98. The van der Waals surface area contributed by atoms with Gasteiger partial charge in [0.1, 0.15) is 0 Å². The van der Waals surface area contributed by atoms with Crippen LogP contribution >= 0.6 is 11.8 Å². The number of fused-ring (bicyclic) bond motifs is 1. The van der Waals surface area contributed by atoms with Crippen molar-refractivity contribution in [2.24, 2.45) is 5.41 Å². The highest BCUT2D eigenvalue weighted by molar-refractivity contribution is 7.99. The van der Waals surface area contributed by atoms with Crippen molar-refractivity contribution in [2.45, 2.75) is 26.3 Å². The van der Waals surface area contributed by atoms with Gasteiger partial charge in [0.15, 0.2) is 0 Å². The van der Waals surface area contributed by atoms with Crippen molar-refractivity contribution in [2.75, 3.05) is 16.8 Å². The van der Waals surface area contributed by atoms with Crippen LogP contribution in [0.3, 0.4) is 0 Å². The van der Waals surface area contributed by atoms with Gasteiger partial charge in [-0.3, -0.25) is 0 Å². The Bertz CT molecular complexity index is 643. The van der Waals surface area contributed by atoms with Gasteiger partial charge in [-0.05, 0) is 35.8 Å². The van der Waals surface area contributed by atoms with Gasteiger partial charge in [0.2, 0.25) is 0 Å². The minimum Gasteiger partial charge on any atom is -0.381 e. The zero-order valence-corrected chi connectivity index (χ0v) is 12.1. The molecule has 0 bridgehead atoms. The SMILES string of the molecule is CC1(C)CCSCC1Nc1ccc2[nH]c(=O)[nH]c2c1. The van der Waals surface area contributed by atoms with E-state index >= 15 is 0 Å². The summed E-state index contributed by atoms with van der Waals surface area (Å²) in [6, 6.07) is 6.44. The fraction of sp³-hybridized carbons (Fsp3) is 0.500. The molecule has 0 aliphatic carbocycles. The first-order valence-electron chi connectivity index (χ1n) is 6.61. The molecule has 1 aromatic carbocycles. The molecule has 1 aromatic heterocycles. The number of nitrogens with one attached hydrogen (secondary N) is 3. The molecule has 0 amide bonds. The van der Waals surface area contributed by atoms with Gasteiger partial charge in [-0.1, -0.05) is 13.8 Å². The average molecular weight is 277 g/mol. The first kappa shape index (κ1) is 12.7. The zero-order chi connectivity index (χ0) is 13.5. The van der Waals surface area contributed by atoms with Gasteiger partial charge in [0, 0.05) is 17.5 Å². The van der Waals surface area contributed by atoms with E-state index in [1.54, 1.807) is 0 Å². The summed E-state index contributed by atoms with van der Waals surface area (Å²) >= 11 is 2.01. The van der Waals surface area contributed by atoms with E-state index in [2.05, 4.69) is 29.1 Å². The van der Waals surface area contributed by atoms with Crippen LogP contribution < -0.4 is 11.0 Å². The molecule has 4 nitrogen and oxygen atoms in total. The van der Waals surface area contributed by atoms with Crippen LogP contribution in [0.25, 0.3) is 11.0 Å². The molecule has 0 radical (unpaired) electrons. The molecule has 1 saturated heterocycles. The average Bonchev–Trinajstić information content (AvgIpc) is 2.71. The molecule has 0 spiro atoms. The van der Waals surface area contributed by atoms with E-state index in [0.717, 1.165) is 22.5 Å². The largest absolute Gasteiger partial charge is 0.381 e. The molecule has 1 aliphatic heterocycles. The summed E-state index contributed by atoms with van der Waals surface area (Å²) in [5, 5.41) is 3.62. The number of thioether (sulfide) groups is 1. The first-order valence-corrected chi connectivity index (χ1v) is 7.76. The summed E-state index contributed by atoms with van der Waals surface area (Å²) in [4.78, 5) is 16.8. The summed E-state index contributed by atoms with van der Waals surface area (Å²) in [6.07, 6.45) is 1.23. The van der Waals surface area contributed by atoms with Crippen LogP contribution in [0.2, 0.25) is 0 Å². The van der Waals surface area contributed by atoms with E-state index in [1.807, 2.05) is 30.0 Å². The Balaban J connectivity index is 1.86. The van der Waals surface area contributed by atoms with Crippen molar-refractivity contribution in [3.05, 3.63) is 28.7 Å². The fourth-order valence-electron chi connectivity index (χ4n) is 2.50. The lowest BCUT2D eigenvalue weighted by atomic mass is 9.82. The first-order chi connectivity index (χ1) is 9.04. The van der Waals surface area contributed by atoms with Crippen molar-refractivity contribution >= 4 is 28.5 Å². The summed E-state index contributed by atoms with van der Waals surface area (Å²) in [6.45, 7) is 4.64. The Morgan fingerprint density at radius 3 is 2.89 bits per heavy atom. The summed E-state index contributed by atoms with van der Waals surface area (Å²) in [5.74, 6) is 2.38. The second-order valence-electron chi connectivity index (χ2n) is 5.85. The maximum Gasteiger partial charge on any atom is 0.323 e. The minimum absolute atomic E-state index is 0.152. The minimum atomic E-state index is -0.152. The van der Waals surface area contributed by atoms with Gasteiger partial charge in [-0.2, -0.15) is 11.8 Å². The molecule has 0 saturated carbocycles. The fourth-order valence-corrected chi connectivity index (χ4v) is 4.10. The number of anilines is 1. The molecular weight excluding hydrogens is 258 g/mol. The molecule has 19 heavy (non-hydrogen) atoms. The Labute approximate surface area is 116 Å². The van der Waals surface area contributed by atoms with Crippen molar-refractivity contribution in [1.29, 1.82) is 0 Å². The topological polar surface area (TPSA) is 60.7 Å². The number of rotatable bonds is 2. The van der Waals surface area contributed by atoms with E-state index < -0.39 is 0 Å². The van der Waals surface area contributed by atoms with Crippen molar-refractivity contribution < 1.29 is 0 Å². The van der Waals surface area contributed by atoms with Crippen LogP contribution in [-0.4, -0.2) is 27.5 Å². The number of H-pyrrole nitrogens is 2. The lowest BCUT2D eigenvalue weighted by Gasteiger charge is -2.39. The Morgan fingerprint density at radius 1 is 1.32 bits per heavy atom. The third kappa shape index (κ3) is 2.52. The summed E-state index contributed by atoms with van der Waals surface area (Å²) in [7, 11) is 0. The lowest BCUT2D eigenvalue weighted by Crippen LogP contribution is -2.41. The predicted molar refractivity (Wildman–Crippen MR) is 82.1 cm³/mol. The van der Waals surface area contributed by atoms with Crippen LogP contribution in [0, 0.1) is 5.41 Å². The third-order valence-corrected chi connectivity index (χ3v) is 5.04. The molecular formula is C14H19N3OS. The standard InChI is InChI=1S/C14H19N3OS/c1-14(2)5-6-19-8-12(14)15-9-3-4-10-11(7-9)17-13(18)16-10/h3-4,7,12,15H,5-6,8H2,1-2H3,(H2,16,17,18). The number of imidazole rings is 1. The molecule has 2 heterocycles. The smallest absolute Gasteiger partial charge is 0.323 e. The molecule has 5 heteroatoms. The molecule has 3 N–H and O–H groups in total. The zero-order valence-electron chi connectivity index (χ0n) is 11.2. The molecule has 1 fully saturated rings. The summed E-state index contributed by atoms with van der Waals surface area (Å²) < 4.78 is 0. The number of benzene rings is 1. The lowest BCUT2D eigenvalue weighted by molar-refractivity contribution is 0.305. The van der Waals surface area contributed by atoms with Gasteiger partial charge >= 0.3 is 5.69 Å². The van der Waals surface area contributed by atoms with Crippen LogP contribution in [0.1, 0.15) is 20.3 Å². The molecule has 2 aromatic rings. The Hall–Kier alpha value is -1.36. The summed E-state index contributed by atoms with van der Waals surface area (Å²) in [5.41, 5.74) is 2.94. The van der Waals surface area contributed by atoms with Gasteiger partial charge in [-0.15, -0.1) is 0 Å². The Morgan fingerprint density at radius 2 is 2.11 bits per heavy atom. The highest BCUT2D eigenvalue weighted by atomic mass is 32.2. The van der Waals surface area contributed by atoms with E-state index in [0.29, 0.717) is 11.5 Å². The number of hydrogen-bond acceptors (Lipinski definition) is 3. The van der Waals surface area contributed by atoms with Gasteiger partial charge in [0.05, 0.1) is 11.0 Å². The maximum atomic E-state index is 11.3. The maximum absolute atomic E-state index is 11.3. The predicted octanol–water partition coefficient (Wildman–Crippen LogP) is 2.80. The second kappa shape index (κ2) is 4.63. The molecule has 1 atom stereocenters. The Kier molecular flexibility index (Phi) is 3.09. The number of aromatic amines is 2. The molecule has 3 rings (SSSR count). The van der Waals surface area contributed by atoms with Crippen molar-refractivity contribution in [3.63, 3.8) is 0 Å². The van der Waals surface area contributed by atoms with Crippen LogP contribution in [0.5, 0.6) is 0 Å². The van der Waals surface area contributed by atoms with E-state index in [1.165, 1.54) is 12.2 Å². The normalized spacial score (nSPS) is 22.5. The van der Waals surface area contributed by atoms with Crippen LogP contribution in [-0.2, 0) is 0 Å². The molecule has 102 valence electrons. The van der Waals surface area contributed by atoms with Gasteiger partial charge in [0.25, 0.3) is 0 Å². The van der Waals surface area contributed by atoms with E-state index in [-0.39, 0.29) is 5.69 Å². The number of aromatic nitrogens is 2. The van der Waals surface area contributed by atoms with Crippen LogP contribution in [0.15, 0.2) is 23.0 Å². The van der Waals surface area contributed by atoms with Crippen molar-refractivity contribution in [1.82, 2.24) is 9.97 Å². The quantitative estimate of drug-likeness (QED) is 0.791. The van der Waals surface area contributed by atoms with Crippen LogP contribution in [0.4, 0.5) is 5.69 Å².